The highest BCUT2D eigenvalue weighted by Gasteiger charge is 2.43. The van der Waals surface area contributed by atoms with E-state index in [1.807, 2.05) is 29.6 Å². The van der Waals surface area contributed by atoms with E-state index in [9.17, 15) is 9.59 Å². The zero-order valence-electron chi connectivity index (χ0n) is 17.4. The molecule has 10 heteroatoms. The third kappa shape index (κ3) is 3.49. The second-order valence-corrected chi connectivity index (χ2v) is 8.73. The maximum absolute atomic E-state index is 13.0. The van der Waals surface area contributed by atoms with Gasteiger partial charge in [-0.05, 0) is 38.7 Å². The van der Waals surface area contributed by atoms with Crippen LogP contribution in [-0.2, 0) is 36.3 Å². The molecule has 1 saturated carbocycles. The average molecular weight is 413 g/mol. The number of carbonyl (C=O) groups is 2. The number of aryl methyl sites for hydroxylation is 2. The van der Waals surface area contributed by atoms with Crippen molar-refractivity contribution >= 4 is 11.8 Å². The minimum Gasteiger partial charge on any atom is -0.365 e. The summed E-state index contributed by atoms with van der Waals surface area (Å²) in [6, 6.07) is 1.82. The maximum atomic E-state index is 13.0. The van der Waals surface area contributed by atoms with Gasteiger partial charge in [0.2, 0.25) is 5.91 Å². The predicted molar refractivity (Wildman–Crippen MR) is 105 cm³/mol. The number of hydrogen-bond acceptors (Lipinski definition) is 6. The molecule has 2 aromatic rings. The van der Waals surface area contributed by atoms with Crippen LogP contribution in [0.25, 0.3) is 0 Å². The minimum atomic E-state index is -0.465. The molecule has 0 aromatic carbocycles. The molecular weight excluding hydrogens is 386 g/mol. The third-order valence-electron chi connectivity index (χ3n) is 6.41. The molecule has 0 bridgehead atoms. The Labute approximate surface area is 174 Å². The van der Waals surface area contributed by atoms with Crippen LogP contribution in [0.5, 0.6) is 0 Å². The van der Waals surface area contributed by atoms with Crippen LogP contribution in [-0.4, -0.2) is 60.2 Å². The van der Waals surface area contributed by atoms with Gasteiger partial charge >= 0.3 is 0 Å². The van der Waals surface area contributed by atoms with Gasteiger partial charge in [0.15, 0.2) is 5.69 Å². The van der Waals surface area contributed by atoms with E-state index in [0.29, 0.717) is 38.5 Å². The summed E-state index contributed by atoms with van der Waals surface area (Å²) in [4.78, 5) is 26.7. The normalized spacial score (nSPS) is 23.5. The Morgan fingerprint density at radius 3 is 2.90 bits per heavy atom. The summed E-state index contributed by atoms with van der Waals surface area (Å²) in [5, 5.41) is 15.8. The molecule has 1 N–H and O–H groups in total. The fraction of sp³-hybridized carbons (Fsp3) is 0.650. The topological polar surface area (TPSA) is 107 Å². The second-order valence-electron chi connectivity index (χ2n) is 8.73. The Morgan fingerprint density at radius 1 is 1.33 bits per heavy atom. The van der Waals surface area contributed by atoms with Crippen LogP contribution in [0.15, 0.2) is 6.07 Å². The number of aromatic nitrogens is 5. The van der Waals surface area contributed by atoms with Gasteiger partial charge in [0.1, 0.15) is 11.3 Å². The zero-order valence-corrected chi connectivity index (χ0v) is 17.4. The summed E-state index contributed by atoms with van der Waals surface area (Å²) < 4.78 is 9.90. The lowest BCUT2D eigenvalue weighted by molar-refractivity contribution is -0.123. The van der Waals surface area contributed by atoms with Gasteiger partial charge in [0.05, 0.1) is 31.9 Å². The molecule has 3 aliphatic rings. The van der Waals surface area contributed by atoms with Gasteiger partial charge in [-0.15, -0.1) is 5.10 Å². The summed E-state index contributed by atoms with van der Waals surface area (Å²) in [5.74, 6) is 0.204. The lowest BCUT2D eigenvalue weighted by atomic mass is 9.91. The molecular formula is C20H27N7O3. The van der Waals surface area contributed by atoms with Gasteiger partial charge in [-0.3, -0.25) is 14.3 Å². The Morgan fingerprint density at radius 2 is 2.17 bits per heavy atom. The fourth-order valence-corrected chi connectivity index (χ4v) is 4.34. The van der Waals surface area contributed by atoms with E-state index in [1.165, 1.54) is 0 Å². The Hall–Kier alpha value is -2.75. The van der Waals surface area contributed by atoms with Gasteiger partial charge in [0.25, 0.3) is 5.91 Å². The third-order valence-corrected chi connectivity index (χ3v) is 6.41. The maximum Gasteiger partial charge on any atom is 0.274 e. The molecule has 1 saturated heterocycles. The number of rotatable bonds is 4. The van der Waals surface area contributed by atoms with Crippen LogP contribution in [0, 0.1) is 12.8 Å². The van der Waals surface area contributed by atoms with Gasteiger partial charge in [-0.2, -0.15) is 5.10 Å². The van der Waals surface area contributed by atoms with E-state index in [0.717, 1.165) is 42.8 Å². The van der Waals surface area contributed by atoms with Crippen LogP contribution < -0.4 is 5.32 Å². The number of nitrogens with one attached hydrogen (secondary N) is 1. The van der Waals surface area contributed by atoms with E-state index in [4.69, 9.17) is 4.74 Å². The number of hydrogen-bond donors (Lipinski definition) is 1. The molecule has 2 amide bonds. The molecule has 1 spiro atoms. The van der Waals surface area contributed by atoms with Crippen LogP contribution in [0.1, 0.15) is 53.3 Å². The van der Waals surface area contributed by atoms with E-state index in [-0.39, 0.29) is 17.7 Å². The summed E-state index contributed by atoms with van der Waals surface area (Å²) in [6.45, 7) is 4.45. The molecule has 1 aliphatic carbocycles. The first kappa shape index (κ1) is 19.2. The number of likely N-dealkylation sites (tertiary alicyclic amines) is 1. The monoisotopic (exact) mass is 413 g/mol. The molecule has 2 aromatic heterocycles. The van der Waals surface area contributed by atoms with Crippen molar-refractivity contribution < 1.29 is 14.3 Å². The highest BCUT2D eigenvalue weighted by Crippen LogP contribution is 2.33. The van der Waals surface area contributed by atoms with Gasteiger partial charge < -0.3 is 15.0 Å². The Kier molecular flexibility index (Phi) is 4.61. The second kappa shape index (κ2) is 7.19. The van der Waals surface area contributed by atoms with E-state index in [2.05, 4.69) is 20.7 Å². The van der Waals surface area contributed by atoms with Crippen LogP contribution in [0.3, 0.4) is 0 Å². The quantitative estimate of drug-likeness (QED) is 0.785. The highest BCUT2D eigenvalue weighted by atomic mass is 16.5. The molecule has 30 heavy (non-hydrogen) atoms. The standard InChI is InChI=1S/C20H27N7O3/c1-13-8-15(23-25(13)2)19(29)26-7-3-6-20(11-26)12-27-17(10-30-20)16(22-24-27)9-21-18(28)14-4-5-14/h8,14H,3-7,9-12H2,1-2H3,(H,21,28). The largest absolute Gasteiger partial charge is 0.365 e. The first-order valence-corrected chi connectivity index (χ1v) is 10.6. The summed E-state index contributed by atoms with van der Waals surface area (Å²) in [6.07, 6.45) is 3.69. The lowest BCUT2D eigenvalue weighted by Crippen LogP contribution is -2.55. The van der Waals surface area contributed by atoms with Crippen LogP contribution >= 0.6 is 0 Å². The molecule has 1 unspecified atom stereocenters. The van der Waals surface area contributed by atoms with Crippen molar-refractivity contribution in [1.82, 2.24) is 35.0 Å². The number of carbonyl (C=O) groups excluding carboxylic acids is 2. The lowest BCUT2D eigenvalue weighted by Gasteiger charge is -2.44. The van der Waals surface area contributed by atoms with E-state index in [1.54, 1.807) is 4.68 Å². The number of amides is 2. The molecule has 10 nitrogen and oxygen atoms in total. The zero-order chi connectivity index (χ0) is 20.9. The number of nitrogens with zero attached hydrogens (tertiary/aromatic N) is 6. The highest BCUT2D eigenvalue weighted by molar-refractivity contribution is 5.92. The molecule has 0 radical (unpaired) electrons. The van der Waals surface area contributed by atoms with E-state index >= 15 is 0 Å². The summed E-state index contributed by atoms with van der Waals surface area (Å²) in [7, 11) is 1.84. The first-order chi connectivity index (χ1) is 14.4. The molecule has 2 aliphatic heterocycles. The Bertz CT molecular complexity index is 973. The Balaban J connectivity index is 1.27. The first-order valence-electron chi connectivity index (χ1n) is 10.6. The molecule has 1 atom stereocenters. The van der Waals surface area contributed by atoms with Crippen LogP contribution in [0.4, 0.5) is 0 Å². The van der Waals surface area contributed by atoms with Crippen molar-refractivity contribution in [3.8, 4) is 0 Å². The van der Waals surface area contributed by atoms with Crippen molar-refractivity contribution in [2.75, 3.05) is 13.1 Å². The smallest absolute Gasteiger partial charge is 0.274 e. The number of fused-ring (bicyclic) bond motifs is 1. The van der Waals surface area contributed by atoms with Crippen molar-refractivity contribution in [3.63, 3.8) is 0 Å². The molecule has 2 fully saturated rings. The molecule has 5 rings (SSSR count). The van der Waals surface area contributed by atoms with Gasteiger partial charge in [-0.25, -0.2) is 4.68 Å². The number of piperidine rings is 1. The summed E-state index contributed by atoms with van der Waals surface area (Å²) in [5.41, 5.74) is 2.62. The van der Waals surface area contributed by atoms with Crippen molar-refractivity contribution in [1.29, 1.82) is 0 Å². The SMILES string of the molecule is Cc1cc(C(=O)N2CCCC3(C2)Cn2nnc(CNC(=O)C4CC4)c2CO3)nn1C. The van der Waals surface area contributed by atoms with Gasteiger partial charge in [0, 0.05) is 25.2 Å². The van der Waals surface area contributed by atoms with Gasteiger partial charge in [-0.1, -0.05) is 5.21 Å². The predicted octanol–water partition coefficient (Wildman–Crippen LogP) is 0.551. The van der Waals surface area contributed by atoms with Crippen LogP contribution in [0.2, 0.25) is 0 Å². The van der Waals surface area contributed by atoms with Crippen molar-refractivity contribution in [2.45, 2.75) is 57.9 Å². The van der Waals surface area contributed by atoms with Crippen molar-refractivity contribution in [3.05, 3.63) is 28.8 Å². The number of ether oxygens (including phenoxy) is 1. The minimum absolute atomic E-state index is 0.0609. The fourth-order valence-electron chi connectivity index (χ4n) is 4.34. The van der Waals surface area contributed by atoms with Crippen molar-refractivity contribution in [2.24, 2.45) is 13.0 Å². The summed E-state index contributed by atoms with van der Waals surface area (Å²) >= 11 is 0. The average Bonchev–Trinajstić information content (AvgIpc) is 3.44. The van der Waals surface area contributed by atoms with E-state index < -0.39 is 5.60 Å². The molecule has 4 heterocycles. The molecule has 160 valence electrons.